The molecule has 1 amide bonds. The van der Waals surface area contributed by atoms with E-state index >= 15 is 0 Å². The van der Waals surface area contributed by atoms with Crippen LogP contribution in [0.25, 0.3) is 11.0 Å². The Balaban J connectivity index is 1.61. The molecular formula is C17H16N4O. The number of para-hydroxylation sites is 2. The molecule has 1 heterocycles. The normalized spacial score (nSPS) is 15.7. The zero-order valence-electron chi connectivity index (χ0n) is 12.0. The van der Waals surface area contributed by atoms with Crippen LogP contribution in [0.3, 0.4) is 0 Å². The Bertz CT molecular complexity index is 843. The van der Waals surface area contributed by atoms with Gasteiger partial charge < -0.3 is 5.73 Å². The molecule has 22 heavy (non-hydrogen) atoms. The van der Waals surface area contributed by atoms with E-state index in [9.17, 15) is 4.79 Å². The van der Waals surface area contributed by atoms with E-state index in [1.54, 1.807) is 11.0 Å². The zero-order valence-corrected chi connectivity index (χ0v) is 12.0. The second-order valence-electron chi connectivity index (χ2n) is 5.82. The van der Waals surface area contributed by atoms with Crippen LogP contribution in [0.5, 0.6) is 0 Å². The number of aromatic nitrogens is 2. The molecule has 0 spiro atoms. The summed E-state index contributed by atoms with van der Waals surface area (Å²) in [6.07, 6.45) is 2.72. The molecular weight excluding hydrogens is 276 g/mol. The van der Waals surface area contributed by atoms with Crippen molar-refractivity contribution in [1.82, 2.24) is 9.66 Å². The predicted octanol–water partition coefficient (Wildman–Crippen LogP) is 1.60. The quantitative estimate of drug-likeness (QED) is 0.753. The van der Waals surface area contributed by atoms with Crippen molar-refractivity contribution < 1.29 is 4.79 Å². The van der Waals surface area contributed by atoms with Crippen molar-refractivity contribution in [2.45, 2.75) is 18.4 Å². The van der Waals surface area contributed by atoms with E-state index in [1.165, 1.54) is 0 Å². The lowest BCUT2D eigenvalue weighted by molar-refractivity contribution is -0.121. The molecule has 0 bridgehead atoms. The monoisotopic (exact) mass is 292 g/mol. The maximum absolute atomic E-state index is 12.7. The number of hydrogen-bond acceptors (Lipinski definition) is 3. The smallest absolute Gasteiger partial charge is 0.259 e. The average molecular weight is 292 g/mol. The summed E-state index contributed by atoms with van der Waals surface area (Å²) in [6, 6.07) is 15.7. The Kier molecular flexibility index (Phi) is 2.77. The number of nitrogens with zero attached hydrogens (tertiary/aromatic N) is 2. The Labute approximate surface area is 127 Å². The first-order chi connectivity index (χ1) is 10.7. The molecule has 1 aliphatic rings. The van der Waals surface area contributed by atoms with Gasteiger partial charge in [-0.25, -0.2) is 9.66 Å². The second-order valence-corrected chi connectivity index (χ2v) is 5.82. The van der Waals surface area contributed by atoms with Crippen LogP contribution >= 0.6 is 0 Å². The molecule has 0 radical (unpaired) electrons. The van der Waals surface area contributed by atoms with Gasteiger partial charge in [0, 0.05) is 12.8 Å². The van der Waals surface area contributed by atoms with E-state index in [0.29, 0.717) is 12.8 Å². The molecule has 0 unspecified atom stereocenters. The van der Waals surface area contributed by atoms with E-state index in [-0.39, 0.29) is 5.91 Å². The first kappa shape index (κ1) is 13.0. The van der Waals surface area contributed by atoms with Gasteiger partial charge in [0.1, 0.15) is 11.9 Å². The molecule has 2 aromatic carbocycles. The number of carbonyl (C=O) groups excluding carboxylic acids is 1. The van der Waals surface area contributed by atoms with Crippen molar-refractivity contribution in [2.75, 3.05) is 5.43 Å². The number of rotatable bonds is 2. The van der Waals surface area contributed by atoms with Crippen LogP contribution in [0.1, 0.15) is 11.1 Å². The van der Waals surface area contributed by atoms with E-state index in [0.717, 1.165) is 22.2 Å². The van der Waals surface area contributed by atoms with E-state index in [1.807, 2.05) is 48.5 Å². The van der Waals surface area contributed by atoms with Crippen molar-refractivity contribution >= 4 is 16.9 Å². The molecule has 5 nitrogen and oxygen atoms in total. The fourth-order valence-electron chi connectivity index (χ4n) is 3.07. The number of amides is 1. The number of nitrogens with one attached hydrogen (secondary N) is 1. The number of hydrogen-bond donors (Lipinski definition) is 2. The van der Waals surface area contributed by atoms with Gasteiger partial charge in [-0.2, -0.15) is 0 Å². The van der Waals surface area contributed by atoms with Crippen LogP contribution in [0, 0.1) is 0 Å². The lowest BCUT2D eigenvalue weighted by atomic mass is 9.96. The zero-order chi connectivity index (χ0) is 15.2. The number of benzene rings is 2. The van der Waals surface area contributed by atoms with Crippen molar-refractivity contribution in [3.05, 3.63) is 66.0 Å². The third-order valence-corrected chi connectivity index (χ3v) is 4.26. The van der Waals surface area contributed by atoms with Crippen LogP contribution in [0.4, 0.5) is 0 Å². The summed E-state index contributed by atoms with van der Waals surface area (Å²) >= 11 is 0. The van der Waals surface area contributed by atoms with E-state index < -0.39 is 5.54 Å². The number of fused-ring (bicyclic) bond motifs is 2. The summed E-state index contributed by atoms with van der Waals surface area (Å²) in [5.74, 6) is -0.188. The molecule has 110 valence electrons. The molecule has 0 aliphatic heterocycles. The molecule has 5 heteroatoms. The fourth-order valence-corrected chi connectivity index (χ4v) is 3.07. The number of carbonyl (C=O) groups is 1. The van der Waals surface area contributed by atoms with Gasteiger partial charge in [-0.1, -0.05) is 36.4 Å². The molecule has 3 aromatic rings. The van der Waals surface area contributed by atoms with Gasteiger partial charge in [-0.15, -0.1) is 0 Å². The second kappa shape index (κ2) is 4.68. The number of nitrogens with two attached hydrogens (primary N) is 1. The van der Waals surface area contributed by atoms with Crippen LogP contribution in [-0.2, 0) is 17.6 Å². The predicted molar refractivity (Wildman–Crippen MR) is 84.9 cm³/mol. The largest absolute Gasteiger partial charge is 0.317 e. The van der Waals surface area contributed by atoms with Crippen molar-refractivity contribution in [3.63, 3.8) is 0 Å². The fraction of sp³-hybridized carbons (Fsp3) is 0.176. The van der Waals surface area contributed by atoms with Crippen molar-refractivity contribution in [1.29, 1.82) is 0 Å². The van der Waals surface area contributed by atoms with Crippen LogP contribution < -0.4 is 11.2 Å². The van der Waals surface area contributed by atoms with Crippen molar-refractivity contribution in [2.24, 2.45) is 5.73 Å². The van der Waals surface area contributed by atoms with Gasteiger partial charge in [-0.05, 0) is 23.3 Å². The molecule has 1 aliphatic carbocycles. The lowest BCUT2D eigenvalue weighted by Gasteiger charge is -2.22. The molecule has 0 fully saturated rings. The van der Waals surface area contributed by atoms with Gasteiger partial charge >= 0.3 is 0 Å². The Morgan fingerprint density at radius 3 is 2.45 bits per heavy atom. The Morgan fingerprint density at radius 1 is 1.09 bits per heavy atom. The highest BCUT2D eigenvalue weighted by Crippen LogP contribution is 2.28. The van der Waals surface area contributed by atoms with Crippen LogP contribution in [0.15, 0.2) is 54.9 Å². The minimum atomic E-state index is -0.908. The maximum Gasteiger partial charge on any atom is 0.259 e. The minimum Gasteiger partial charge on any atom is -0.317 e. The first-order valence-corrected chi connectivity index (χ1v) is 7.25. The highest BCUT2D eigenvalue weighted by Gasteiger charge is 2.40. The minimum absolute atomic E-state index is 0.188. The highest BCUT2D eigenvalue weighted by molar-refractivity contribution is 5.95. The van der Waals surface area contributed by atoms with Gasteiger partial charge in [0.15, 0.2) is 0 Å². The van der Waals surface area contributed by atoms with E-state index in [4.69, 9.17) is 5.73 Å². The number of imidazole rings is 1. The SMILES string of the molecule is NC1(C(=O)Nn2cnc3ccccc32)Cc2ccccc2C1. The summed E-state index contributed by atoms with van der Waals surface area (Å²) in [5.41, 5.74) is 12.3. The van der Waals surface area contributed by atoms with Gasteiger partial charge in [0.2, 0.25) is 0 Å². The molecule has 0 saturated carbocycles. The van der Waals surface area contributed by atoms with Gasteiger partial charge in [-0.3, -0.25) is 10.2 Å². The molecule has 1 aromatic heterocycles. The van der Waals surface area contributed by atoms with Gasteiger partial charge in [0.25, 0.3) is 5.91 Å². The van der Waals surface area contributed by atoms with Gasteiger partial charge in [0.05, 0.1) is 11.0 Å². The highest BCUT2D eigenvalue weighted by atomic mass is 16.2. The summed E-state index contributed by atoms with van der Waals surface area (Å²) < 4.78 is 1.63. The van der Waals surface area contributed by atoms with Crippen LogP contribution in [-0.4, -0.2) is 21.1 Å². The van der Waals surface area contributed by atoms with Crippen LogP contribution in [0.2, 0.25) is 0 Å². The summed E-state index contributed by atoms with van der Waals surface area (Å²) in [7, 11) is 0. The molecule has 0 atom stereocenters. The molecule has 3 N–H and O–H groups in total. The summed E-state index contributed by atoms with van der Waals surface area (Å²) in [6.45, 7) is 0. The Hall–Kier alpha value is -2.66. The standard InChI is InChI=1S/C17H16N4O/c18-17(9-12-5-1-2-6-13(12)10-17)16(22)20-21-11-19-14-7-3-4-8-15(14)21/h1-8,11H,9-10,18H2,(H,20,22). The summed E-state index contributed by atoms with van der Waals surface area (Å²) in [5, 5.41) is 0. The third kappa shape index (κ3) is 1.98. The lowest BCUT2D eigenvalue weighted by Crippen LogP contribution is -2.53. The topological polar surface area (TPSA) is 72.9 Å². The van der Waals surface area contributed by atoms with Crippen molar-refractivity contribution in [3.8, 4) is 0 Å². The molecule has 0 saturated heterocycles. The van der Waals surface area contributed by atoms with E-state index in [2.05, 4.69) is 10.4 Å². The maximum atomic E-state index is 12.7. The molecule has 4 rings (SSSR count). The Morgan fingerprint density at radius 2 is 1.73 bits per heavy atom. The third-order valence-electron chi connectivity index (χ3n) is 4.26. The summed E-state index contributed by atoms with van der Waals surface area (Å²) in [4.78, 5) is 16.9. The average Bonchev–Trinajstić information content (AvgIpc) is 3.08. The first-order valence-electron chi connectivity index (χ1n) is 7.25.